The van der Waals surface area contributed by atoms with E-state index in [0.29, 0.717) is 22.7 Å². The standard InChI is InChI=1S/C32H56O2/c1-21(2)9-8-10-23(5)26-13-14-27-25-12-11-24-19-32(33-17-18-34-32)29(22(3)4)20-31(24,7)28(25)15-16-30(26,27)6/h21-29H,8-20H2,1-7H3/t23-,24+,25+,26-,27+,28+,29+,30-,31+/m1/s1. The molecule has 9 atom stereocenters. The van der Waals surface area contributed by atoms with E-state index in [1.54, 1.807) is 0 Å². The number of rotatable bonds is 6. The van der Waals surface area contributed by atoms with E-state index in [1.165, 1.54) is 64.2 Å². The highest BCUT2D eigenvalue weighted by molar-refractivity contribution is 5.12. The first-order chi connectivity index (χ1) is 16.1. The van der Waals surface area contributed by atoms with Gasteiger partial charge < -0.3 is 9.47 Å². The third-order valence-corrected chi connectivity index (χ3v) is 12.6. The maximum atomic E-state index is 6.44. The zero-order valence-corrected chi connectivity index (χ0v) is 23.7. The van der Waals surface area contributed by atoms with Crippen molar-refractivity contribution in [3.05, 3.63) is 0 Å². The predicted molar refractivity (Wildman–Crippen MR) is 141 cm³/mol. The van der Waals surface area contributed by atoms with Crippen LogP contribution in [0.5, 0.6) is 0 Å². The van der Waals surface area contributed by atoms with E-state index in [1.807, 2.05) is 0 Å². The largest absolute Gasteiger partial charge is 0.347 e. The second-order valence-corrected chi connectivity index (χ2v) is 15.0. The Morgan fingerprint density at radius 2 is 1.44 bits per heavy atom. The average Bonchev–Trinajstić information content (AvgIpc) is 3.38. The number of ether oxygens (including phenoxy) is 2. The highest BCUT2D eigenvalue weighted by Gasteiger charge is 2.64. The van der Waals surface area contributed by atoms with Crippen LogP contribution in [0.15, 0.2) is 0 Å². The van der Waals surface area contributed by atoms with Crippen molar-refractivity contribution >= 4 is 0 Å². The Balaban J connectivity index is 1.33. The Morgan fingerprint density at radius 1 is 0.735 bits per heavy atom. The molecule has 1 saturated heterocycles. The normalized spacial score (nSPS) is 46.5. The lowest BCUT2D eigenvalue weighted by Gasteiger charge is -2.64. The number of hydrogen-bond acceptors (Lipinski definition) is 2. The minimum Gasteiger partial charge on any atom is -0.347 e. The van der Waals surface area contributed by atoms with Gasteiger partial charge in [0.2, 0.25) is 0 Å². The Morgan fingerprint density at radius 3 is 2.12 bits per heavy atom. The molecule has 1 heterocycles. The molecule has 0 unspecified atom stereocenters. The lowest BCUT2D eigenvalue weighted by Crippen LogP contribution is -2.60. The molecule has 0 bridgehead atoms. The highest BCUT2D eigenvalue weighted by Crippen LogP contribution is 2.70. The van der Waals surface area contributed by atoms with Gasteiger partial charge in [-0.1, -0.05) is 67.7 Å². The van der Waals surface area contributed by atoms with E-state index >= 15 is 0 Å². The Labute approximate surface area is 211 Å². The van der Waals surface area contributed by atoms with E-state index in [0.717, 1.165) is 61.1 Å². The summed E-state index contributed by atoms with van der Waals surface area (Å²) < 4.78 is 12.9. The molecule has 0 amide bonds. The van der Waals surface area contributed by atoms with Gasteiger partial charge >= 0.3 is 0 Å². The first kappa shape index (κ1) is 25.6. The van der Waals surface area contributed by atoms with Crippen LogP contribution in [0.1, 0.15) is 119 Å². The SMILES string of the molecule is CC(C)CCC[C@@H](C)[C@H]1CC[C@H]2[C@@H]3CC[C@H]4CC5(OCCO5)[C@H](C(C)C)C[C@]4(C)[C@H]3CC[C@]12C. The molecule has 0 aromatic heterocycles. The van der Waals surface area contributed by atoms with Crippen LogP contribution in [-0.4, -0.2) is 19.0 Å². The molecule has 4 saturated carbocycles. The van der Waals surface area contributed by atoms with Gasteiger partial charge in [-0.3, -0.25) is 0 Å². The molecule has 5 aliphatic rings. The van der Waals surface area contributed by atoms with Gasteiger partial charge in [0.15, 0.2) is 5.79 Å². The minimum atomic E-state index is -0.266. The summed E-state index contributed by atoms with van der Waals surface area (Å²) in [6, 6.07) is 0. The second kappa shape index (κ2) is 9.34. The smallest absolute Gasteiger partial charge is 0.171 e. The summed E-state index contributed by atoms with van der Waals surface area (Å²) in [5, 5.41) is 0. The molecule has 2 nitrogen and oxygen atoms in total. The molecule has 1 aliphatic heterocycles. The molecule has 2 heteroatoms. The highest BCUT2D eigenvalue weighted by atomic mass is 16.7. The van der Waals surface area contributed by atoms with Crippen LogP contribution in [0.2, 0.25) is 0 Å². The predicted octanol–water partition coefficient (Wildman–Crippen LogP) is 8.73. The average molecular weight is 473 g/mol. The van der Waals surface area contributed by atoms with Crippen molar-refractivity contribution < 1.29 is 9.47 Å². The summed E-state index contributed by atoms with van der Waals surface area (Å²) in [6.45, 7) is 19.3. The van der Waals surface area contributed by atoms with Gasteiger partial charge in [0, 0.05) is 12.3 Å². The Hall–Kier alpha value is -0.0800. The number of fused-ring (bicyclic) bond motifs is 5. The Kier molecular flexibility index (Phi) is 7.02. The van der Waals surface area contributed by atoms with Gasteiger partial charge in [-0.2, -0.15) is 0 Å². The fourth-order valence-electron chi connectivity index (χ4n) is 10.9. The fourth-order valence-corrected chi connectivity index (χ4v) is 10.9. The molecular formula is C32H56O2. The lowest BCUT2D eigenvalue weighted by atomic mass is 9.42. The second-order valence-electron chi connectivity index (χ2n) is 15.0. The zero-order chi connectivity index (χ0) is 24.3. The topological polar surface area (TPSA) is 18.5 Å². The van der Waals surface area contributed by atoms with Gasteiger partial charge in [-0.25, -0.2) is 0 Å². The van der Waals surface area contributed by atoms with Crippen LogP contribution in [0.25, 0.3) is 0 Å². The van der Waals surface area contributed by atoms with E-state index in [2.05, 4.69) is 48.5 Å². The van der Waals surface area contributed by atoms with Crippen LogP contribution in [0.4, 0.5) is 0 Å². The first-order valence-corrected chi connectivity index (χ1v) is 15.4. The summed E-state index contributed by atoms with van der Waals surface area (Å²) in [4.78, 5) is 0. The van der Waals surface area contributed by atoms with Gasteiger partial charge in [-0.05, 0) is 103 Å². The van der Waals surface area contributed by atoms with Crippen molar-refractivity contribution in [2.45, 2.75) is 125 Å². The summed E-state index contributed by atoms with van der Waals surface area (Å²) >= 11 is 0. The van der Waals surface area contributed by atoms with Gasteiger partial charge in [0.05, 0.1) is 13.2 Å². The van der Waals surface area contributed by atoms with E-state index in [9.17, 15) is 0 Å². The molecule has 0 aromatic rings. The third kappa shape index (κ3) is 4.04. The van der Waals surface area contributed by atoms with Crippen molar-refractivity contribution in [2.75, 3.05) is 13.2 Å². The van der Waals surface area contributed by atoms with Crippen LogP contribution >= 0.6 is 0 Å². The van der Waals surface area contributed by atoms with Crippen molar-refractivity contribution in [1.82, 2.24) is 0 Å². The van der Waals surface area contributed by atoms with Gasteiger partial charge in [-0.15, -0.1) is 0 Å². The maximum Gasteiger partial charge on any atom is 0.171 e. The molecular weight excluding hydrogens is 416 g/mol. The summed E-state index contributed by atoms with van der Waals surface area (Å²) in [5.74, 6) is 7.33. The number of hydrogen-bond donors (Lipinski definition) is 0. The minimum absolute atomic E-state index is 0.266. The molecule has 4 aliphatic carbocycles. The first-order valence-electron chi connectivity index (χ1n) is 15.4. The molecule has 5 fully saturated rings. The Bertz CT molecular complexity index is 708. The molecule has 34 heavy (non-hydrogen) atoms. The van der Waals surface area contributed by atoms with Crippen molar-refractivity contribution in [3.8, 4) is 0 Å². The molecule has 196 valence electrons. The molecule has 0 radical (unpaired) electrons. The van der Waals surface area contributed by atoms with Gasteiger partial charge in [0.25, 0.3) is 0 Å². The van der Waals surface area contributed by atoms with Crippen LogP contribution in [0.3, 0.4) is 0 Å². The van der Waals surface area contributed by atoms with Crippen LogP contribution in [-0.2, 0) is 9.47 Å². The van der Waals surface area contributed by atoms with Crippen molar-refractivity contribution in [3.63, 3.8) is 0 Å². The fraction of sp³-hybridized carbons (Fsp3) is 1.00. The van der Waals surface area contributed by atoms with E-state index in [-0.39, 0.29) is 5.79 Å². The third-order valence-electron chi connectivity index (χ3n) is 12.6. The lowest BCUT2D eigenvalue weighted by molar-refractivity contribution is -0.269. The summed E-state index contributed by atoms with van der Waals surface area (Å²) in [6.07, 6.45) is 15.7. The quantitative estimate of drug-likeness (QED) is 0.385. The summed E-state index contributed by atoms with van der Waals surface area (Å²) in [7, 11) is 0. The van der Waals surface area contributed by atoms with Gasteiger partial charge in [0.1, 0.15) is 0 Å². The van der Waals surface area contributed by atoms with E-state index in [4.69, 9.17) is 9.47 Å². The van der Waals surface area contributed by atoms with E-state index < -0.39 is 0 Å². The molecule has 0 N–H and O–H groups in total. The van der Waals surface area contributed by atoms with Crippen molar-refractivity contribution in [1.29, 1.82) is 0 Å². The molecule has 1 spiro atoms. The monoisotopic (exact) mass is 472 g/mol. The molecule has 0 aromatic carbocycles. The summed E-state index contributed by atoms with van der Waals surface area (Å²) in [5.41, 5.74) is 1.09. The zero-order valence-electron chi connectivity index (χ0n) is 23.7. The van der Waals surface area contributed by atoms with Crippen LogP contribution < -0.4 is 0 Å². The maximum absolute atomic E-state index is 6.44. The van der Waals surface area contributed by atoms with Crippen molar-refractivity contribution in [2.24, 2.45) is 64.1 Å². The molecule has 5 rings (SSSR count). The van der Waals surface area contributed by atoms with Crippen LogP contribution in [0, 0.1) is 64.1 Å².